The lowest BCUT2D eigenvalue weighted by Gasteiger charge is -2.10. The Hall–Kier alpha value is -2.27. The van der Waals surface area contributed by atoms with Crippen molar-refractivity contribution in [3.8, 4) is 11.4 Å². The van der Waals surface area contributed by atoms with Crippen LogP contribution in [0.1, 0.15) is 0 Å². The highest BCUT2D eigenvalue weighted by Gasteiger charge is 2.16. The molecule has 4 nitrogen and oxygen atoms in total. The standard InChI is InChI=1S/C14H11ClFN3O/c1-20-8-5-6-11-12(7-8)19(14(17)18-11)13-9(15)3-2-4-10(13)16/h2-7H,1H3,(H2,17,18). The minimum Gasteiger partial charge on any atom is -0.497 e. The molecule has 20 heavy (non-hydrogen) atoms. The van der Waals surface area contributed by atoms with Crippen molar-refractivity contribution in [3.63, 3.8) is 0 Å². The van der Waals surface area contributed by atoms with Gasteiger partial charge in [0.15, 0.2) is 0 Å². The monoisotopic (exact) mass is 291 g/mol. The number of benzene rings is 2. The van der Waals surface area contributed by atoms with Gasteiger partial charge in [0.05, 0.1) is 23.2 Å². The molecule has 0 radical (unpaired) electrons. The Labute approximate surface area is 119 Å². The van der Waals surface area contributed by atoms with Gasteiger partial charge in [-0.25, -0.2) is 9.37 Å². The van der Waals surface area contributed by atoms with Crippen molar-refractivity contribution in [3.05, 3.63) is 47.2 Å². The predicted octanol–water partition coefficient (Wildman–Crippen LogP) is 3.41. The third-order valence-corrected chi connectivity index (χ3v) is 3.35. The number of fused-ring (bicyclic) bond motifs is 1. The number of nitrogens with two attached hydrogens (primary N) is 1. The van der Waals surface area contributed by atoms with Crippen molar-refractivity contribution in [1.82, 2.24) is 9.55 Å². The van der Waals surface area contributed by atoms with Crippen LogP contribution in [0.25, 0.3) is 16.7 Å². The second-order valence-corrected chi connectivity index (χ2v) is 4.64. The molecule has 0 aliphatic rings. The molecule has 0 fully saturated rings. The van der Waals surface area contributed by atoms with Gasteiger partial charge < -0.3 is 10.5 Å². The van der Waals surface area contributed by atoms with E-state index in [0.29, 0.717) is 16.8 Å². The molecule has 1 aromatic heterocycles. The Morgan fingerprint density at radius 3 is 2.80 bits per heavy atom. The van der Waals surface area contributed by atoms with Gasteiger partial charge in [-0.2, -0.15) is 0 Å². The quantitative estimate of drug-likeness (QED) is 0.787. The molecule has 0 saturated carbocycles. The first-order chi connectivity index (χ1) is 9.61. The summed E-state index contributed by atoms with van der Waals surface area (Å²) in [7, 11) is 1.56. The Kier molecular flexibility index (Phi) is 2.99. The van der Waals surface area contributed by atoms with Crippen LogP contribution in [0, 0.1) is 5.82 Å². The summed E-state index contributed by atoms with van der Waals surface area (Å²) in [4.78, 5) is 4.21. The van der Waals surface area contributed by atoms with Crippen LogP contribution >= 0.6 is 11.6 Å². The maximum atomic E-state index is 14.1. The lowest BCUT2D eigenvalue weighted by atomic mass is 10.2. The van der Waals surface area contributed by atoms with Crippen molar-refractivity contribution in [2.75, 3.05) is 12.8 Å². The summed E-state index contributed by atoms with van der Waals surface area (Å²) in [6, 6.07) is 9.73. The van der Waals surface area contributed by atoms with Crippen LogP contribution in [0.2, 0.25) is 5.02 Å². The first kappa shape index (κ1) is 12.7. The minimum absolute atomic E-state index is 0.167. The highest BCUT2D eigenvalue weighted by molar-refractivity contribution is 6.32. The van der Waals surface area contributed by atoms with Gasteiger partial charge >= 0.3 is 0 Å². The number of nitrogen functional groups attached to an aromatic ring is 1. The second-order valence-electron chi connectivity index (χ2n) is 4.23. The SMILES string of the molecule is COc1ccc2nc(N)n(-c3c(F)cccc3Cl)c2c1. The van der Waals surface area contributed by atoms with E-state index in [9.17, 15) is 4.39 Å². The van der Waals surface area contributed by atoms with Gasteiger partial charge in [0, 0.05) is 6.07 Å². The summed E-state index contributed by atoms with van der Waals surface area (Å²) in [5.74, 6) is 0.331. The summed E-state index contributed by atoms with van der Waals surface area (Å²) < 4.78 is 20.7. The zero-order chi connectivity index (χ0) is 14.3. The Morgan fingerprint density at radius 1 is 1.30 bits per heavy atom. The summed E-state index contributed by atoms with van der Waals surface area (Å²) in [6.45, 7) is 0. The van der Waals surface area contributed by atoms with Crippen LogP contribution in [-0.2, 0) is 0 Å². The average molecular weight is 292 g/mol. The molecule has 6 heteroatoms. The average Bonchev–Trinajstić information content (AvgIpc) is 2.74. The molecule has 0 unspecified atom stereocenters. The fourth-order valence-electron chi connectivity index (χ4n) is 2.14. The van der Waals surface area contributed by atoms with Crippen LogP contribution in [-0.4, -0.2) is 16.7 Å². The number of anilines is 1. The van der Waals surface area contributed by atoms with E-state index in [-0.39, 0.29) is 16.7 Å². The van der Waals surface area contributed by atoms with Crippen molar-refractivity contribution >= 4 is 28.6 Å². The number of nitrogens with zero attached hydrogens (tertiary/aromatic N) is 2. The van der Waals surface area contributed by atoms with Crippen molar-refractivity contribution in [2.24, 2.45) is 0 Å². The van der Waals surface area contributed by atoms with Crippen molar-refractivity contribution in [2.45, 2.75) is 0 Å². The number of imidazole rings is 1. The van der Waals surface area contributed by atoms with E-state index >= 15 is 0 Å². The molecule has 2 aromatic carbocycles. The molecule has 2 N–H and O–H groups in total. The predicted molar refractivity (Wildman–Crippen MR) is 77.0 cm³/mol. The number of rotatable bonds is 2. The van der Waals surface area contributed by atoms with Crippen molar-refractivity contribution in [1.29, 1.82) is 0 Å². The molecular formula is C14H11ClFN3O. The molecule has 0 amide bonds. The molecule has 0 aliphatic heterocycles. The van der Waals surface area contributed by atoms with Crippen LogP contribution in [0.4, 0.5) is 10.3 Å². The van der Waals surface area contributed by atoms with E-state index < -0.39 is 5.82 Å². The number of methoxy groups -OCH3 is 1. The maximum Gasteiger partial charge on any atom is 0.206 e. The third-order valence-electron chi connectivity index (χ3n) is 3.05. The van der Waals surface area contributed by atoms with E-state index in [0.717, 1.165) is 0 Å². The van der Waals surface area contributed by atoms with Gasteiger partial charge in [-0.05, 0) is 24.3 Å². The molecule has 0 atom stereocenters. The largest absolute Gasteiger partial charge is 0.497 e. The van der Waals surface area contributed by atoms with Gasteiger partial charge in [0.25, 0.3) is 0 Å². The smallest absolute Gasteiger partial charge is 0.206 e. The van der Waals surface area contributed by atoms with Crippen LogP contribution in [0.15, 0.2) is 36.4 Å². The lowest BCUT2D eigenvalue weighted by Crippen LogP contribution is -2.03. The molecule has 0 saturated heterocycles. The maximum absolute atomic E-state index is 14.1. The van der Waals surface area contributed by atoms with Crippen LogP contribution in [0.3, 0.4) is 0 Å². The molecular weight excluding hydrogens is 281 g/mol. The van der Waals surface area contributed by atoms with Gasteiger partial charge in [0.1, 0.15) is 17.3 Å². The number of hydrogen-bond acceptors (Lipinski definition) is 3. The summed E-state index contributed by atoms with van der Waals surface area (Å²) >= 11 is 6.09. The fraction of sp³-hybridized carbons (Fsp3) is 0.0714. The topological polar surface area (TPSA) is 53.1 Å². The summed E-state index contributed by atoms with van der Waals surface area (Å²) in [5, 5.41) is 0.263. The Bertz CT molecular complexity index is 780. The molecule has 0 aliphatic carbocycles. The number of halogens is 2. The van der Waals surface area contributed by atoms with Gasteiger partial charge in [0.2, 0.25) is 5.95 Å². The van der Waals surface area contributed by atoms with Crippen LogP contribution in [0.5, 0.6) is 5.75 Å². The second kappa shape index (κ2) is 4.68. The number of ether oxygens (including phenoxy) is 1. The normalized spacial score (nSPS) is 10.9. The third kappa shape index (κ3) is 1.87. The first-order valence-electron chi connectivity index (χ1n) is 5.88. The minimum atomic E-state index is -0.466. The highest BCUT2D eigenvalue weighted by Crippen LogP contribution is 2.31. The zero-order valence-electron chi connectivity index (χ0n) is 10.6. The van der Waals surface area contributed by atoms with E-state index in [1.807, 2.05) is 0 Å². The van der Waals surface area contributed by atoms with E-state index in [1.54, 1.807) is 31.4 Å². The van der Waals surface area contributed by atoms with E-state index in [1.165, 1.54) is 16.7 Å². The molecule has 0 spiro atoms. The van der Waals surface area contributed by atoms with Gasteiger partial charge in [-0.1, -0.05) is 17.7 Å². The first-order valence-corrected chi connectivity index (χ1v) is 6.26. The lowest BCUT2D eigenvalue weighted by molar-refractivity contribution is 0.415. The molecule has 1 heterocycles. The Balaban J connectivity index is 2.38. The molecule has 102 valence electrons. The Morgan fingerprint density at radius 2 is 2.10 bits per heavy atom. The summed E-state index contributed by atoms with van der Waals surface area (Å²) in [6.07, 6.45) is 0. The molecule has 3 rings (SSSR count). The van der Waals surface area contributed by atoms with Crippen molar-refractivity contribution < 1.29 is 9.13 Å². The number of hydrogen-bond donors (Lipinski definition) is 1. The zero-order valence-corrected chi connectivity index (χ0v) is 11.4. The summed E-state index contributed by atoms with van der Waals surface area (Å²) in [5.41, 5.74) is 7.36. The molecule has 0 bridgehead atoms. The number of para-hydroxylation sites is 1. The van der Waals surface area contributed by atoms with Crippen LogP contribution < -0.4 is 10.5 Å². The van der Waals surface area contributed by atoms with E-state index in [2.05, 4.69) is 4.98 Å². The van der Waals surface area contributed by atoms with Gasteiger partial charge in [-0.15, -0.1) is 0 Å². The highest BCUT2D eigenvalue weighted by atomic mass is 35.5. The number of aromatic nitrogens is 2. The fourth-order valence-corrected chi connectivity index (χ4v) is 2.39. The van der Waals surface area contributed by atoms with E-state index in [4.69, 9.17) is 22.1 Å². The van der Waals surface area contributed by atoms with Gasteiger partial charge in [-0.3, -0.25) is 4.57 Å². The molecule has 3 aromatic rings.